The topological polar surface area (TPSA) is 0 Å². The van der Waals surface area contributed by atoms with E-state index in [0.717, 1.165) is 6.42 Å². The summed E-state index contributed by atoms with van der Waals surface area (Å²) in [6.07, 6.45) is 16.1. The van der Waals surface area contributed by atoms with Crippen LogP contribution < -0.4 is 0 Å². The Labute approximate surface area is 97.8 Å². The molecule has 0 heterocycles. The van der Waals surface area contributed by atoms with Gasteiger partial charge in [-0.15, -0.1) is 0 Å². The minimum Gasteiger partial charge on any atom is -0.0919 e. The lowest BCUT2D eigenvalue weighted by molar-refractivity contribution is 0.957. The quantitative estimate of drug-likeness (QED) is 0.507. The van der Waals surface area contributed by atoms with Gasteiger partial charge in [0.1, 0.15) is 0 Å². The lowest BCUT2D eigenvalue weighted by Crippen LogP contribution is -1.55. The van der Waals surface area contributed by atoms with Crippen LogP contribution in [0.3, 0.4) is 0 Å². The fraction of sp³-hybridized carbons (Fsp3) is 0.600. The van der Waals surface area contributed by atoms with Crippen molar-refractivity contribution in [1.29, 1.82) is 0 Å². The molecule has 0 rings (SSSR count). The largest absolute Gasteiger partial charge is 0.0919 e. The van der Waals surface area contributed by atoms with E-state index in [-0.39, 0.29) is 0 Å². The number of hydrogen-bond acceptors (Lipinski definition) is 0. The van der Waals surface area contributed by atoms with Gasteiger partial charge in [-0.05, 0) is 40.5 Å². The number of allylic oxidation sites excluding steroid dienone is 6. The molecule has 0 aliphatic carbocycles. The lowest BCUT2D eigenvalue weighted by atomic mass is 10.3. The first kappa shape index (κ1) is 19.7. The molecule has 0 aliphatic heterocycles. The van der Waals surface area contributed by atoms with Crippen molar-refractivity contribution in [2.75, 3.05) is 0 Å². The number of unbranched alkanes of at least 4 members (excludes halogenated alkanes) is 1. The summed E-state index contributed by atoms with van der Waals surface area (Å²) in [5.74, 6) is 0. The zero-order valence-corrected chi connectivity index (χ0v) is 11.6. The van der Waals surface area contributed by atoms with Crippen molar-refractivity contribution in [3.8, 4) is 0 Å². The molecule has 90 valence electrons. The van der Waals surface area contributed by atoms with Gasteiger partial charge in [-0.2, -0.15) is 0 Å². The third-order valence-electron chi connectivity index (χ3n) is 1.50. The normalized spacial score (nSPS) is 10.0. The Hall–Kier alpha value is -0.780. The van der Waals surface area contributed by atoms with Gasteiger partial charge in [0, 0.05) is 0 Å². The van der Waals surface area contributed by atoms with Crippen LogP contribution in [0.15, 0.2) is 36.5 Å². The average Bonchev–Trinajstić information content (AvgIpc) is 2.28. The minimum atomic E-state index is 1.16. The van der Waals surface area contributed by atoms with Crippen LogP contribution in [0.4, 0.5) is 0 Å². The second kappa shape index (κ2) is 29.2. The Morgan fingerprint density at radius 2 is 1.13 bits per heavy atom. The SMILES string of the molecule is C/C=C/C.C/C=C/CC.C/C=C/CCC. The summed E-state index contributed by atoms with van der Waals surface area (Å²) >= 11 is 0. The smallest absolute Gasteiger partial charge is 0.0353 e. The molecule has 0 aliphatic rings. The molecular weight excluding hydrogens is 180 g/mol. The van der Waals surface area contributed by atoms with Crippen LogP contribution in [0.25, 0.3) is 0 Å². The molecule has 0 unspecified atom stereocenters. The fourth-order valence-electron chi connectivity index (χ4n) is 0.569. The highest BCUT2D eigenvalue weighted by Crippen LogP contribution is 1.85. The minimum absolute atomic E-state index is 1.16. The van der Waals surface area contributed by atoms with Gasteiger partial charge >= 0.3 is 0 Å². The van der Waals surface area contributed by atoms with Crippen molar-refractivity contribution < 1.29 is 0 Å². The maximum atomic E-state index is 2.18. The highest BCUT2D eigenvalue weighted by atomic mass is 13.7. The van der Waals surface area contributed by atoms with E-state index in [1.54, 1.807) is 0 Å². The van der Waals surface area contributed by atoms with Gasteiger partial charge in [-0.1, -0.05) is 56.7 Å². The van der Waals surface area contributed by atoms with Crippen molar-refractivity contribution in [2.24, 2.45) is 0 Å². The second-order valence-electron chi connectivity index (χ2n) is 3.00. The van der Waals surface area contributed by atoms with Gasteiger partial charge in [0.2, 0.25) is 0 Å². The first-order valence-corrected chi connectivity index (χ1v) is 6.04. The van der Waals surface area contributed by atoms with E-state index < -0.39 is 0 Å². The Kier molecular flexibility index (Phi) is 38.5. The molecule has 0 aromatic carbocycles. The van der Waals surface area contributed by atoms with E-state index >= 15 is 0 Å². The molecule has 0 atom stereocenters. The van der Waals surface area contributed by atoms with Crippen molar-refractivity contribution in [2.45, 2.75) is 60.8 Å². The van der Waals surface area contributed by atoms with Gasteiger partial charge < -0.3 is 0 Å². The zero-order chi connectivity index (χ0) is 12.4. The molecule has 0 spiro atoms. The molecule has 0 nitrogen and oxygen atoms in total. The number of hydrogen-bond donors (Lipinski definition) is 0. The molecule has 0 bridgehead atoms. The van der Waals surface area contributed by atoms with E-state index in [2.05, 4.69) is 45.1 Å². The van der Waals surface area contributed by atoms with Gasteiger partial charge in [-0.3, -0.25) is 0 Å². The van der Waals surface area contributed by atoms with Crippen molar-refractivity contribution >= 4 is 0 Å². The molecule has 0 aromatic heterocycles. The highest BCUT2D eigenvalue weighted by Gasteiger charge is 1.64. The van der Waals surface area contributed by atoms with E-state index in [0.29, 0.717) is 0 Å². The molecule has 0 heteroatoms. The standard InChI is InChI=1S/C6H12.C5H10.C4H8/c1-3-5-6-4-2;1-3-5-4-2;1-3-4-2/h3,5H,4,6H2,1-2H3;3,5H,4H2,1-2H3;3-4H,1-2H3/b2*5-3+;4-3+. The molecule has 0 saturated heterocycles. The third-order valence-corrected chi connectivity index (χ3v) is 1.50. The summed E-state index contributed by atoms with van der Waals surface area (Å²) in [4.78, 5) is 0. The summed E-state index contributed by atoms with van der Waals surface area (Å²) in [7, 11) is 0. The Balaban J connectivity index is -0.000000147. The molecule has 0 fully saturated rings. The fourth-order valence-corrected chi connectivity index (χ4v) is 0.569. The summed E-state index contributed by atoms with van der Waals surface area (Å²) < 4.78 is 0. The third kappa shape index (κ3) is 61.1. The average molecular weight is 210 g/mol. The Morgan fingerprint density at radius 3 is 1.20 bits per heavy atom. The van der Waals surface area contributed by atoms with Gasteiger partial charge in [0.05, 0.1) is 0 Å². The first-order valence-electron chi connectivity index (χ1n) is 6.04. The van der Waals surface area contributed by atoms with Crippen LogP contribution in [0, 0.1) is 0 Å². The van der Waals surface area contributed by atoms with Crippen LogP contribution in [0.2, 0.25) is 0 Å². The van der Waals surface area contributed by atoms with Crippen molar-refractivity contribution in [3.05, 3.63) is 36.5 Å². The highest BCUT2D eigenvalue weighted by molar-refractivity contribution is 4.75. The van der Waals surface area contributed by atoms with Crippen molar-refractivity contribution in [1.82, 2.24) is 0 Å². The zero-order valence-electron chi connectivity index (χ0n) is 11.6. The Morgan fingerprint density at radius 1 is 0.667 bits per heavy atom. The van der Waals surface area contributed by atoms with Gasteiger partial charge in [-0.25, -0.2) is 0 Å². The lowest BCUT2D eigenvalue weighted by Gasteiger charge is -1.76. The molecule has 0 saturated carbocycles. The molecular formula is C15H30. The molecule has 0 amide bonds. The summed E-state index contributed by atoms with van der Waals surface area (Å²) in [5.41, 5.74) is 0. The van der Waals surface area contributed by atoms with Crippen LogP contribution in [0.1, 0.15) is 60.8 Å². The summed E-state index contributed by atoms with van der Waals surface area (Å²) in [6.45, 7) is 12.4. The first-order chi connectivity index (χ1) is 7.24. The van der Waals surface area contributed by atoms with Crippen molar-refractivity contribution in [3.63, 3.8) is 0 Å². The van der Waals surface area contributed by atoms with E-state index in [1.807, 2.05) is 32.9 Å². The molecule has 0 N–H and O–H groups in total. The Bertz CT molecular complexity index is 134. The monoisotopic (exact) mass is 210 g/mol. The van der Waals surface area contributed by atoms with E-state index in [1.165, 1.54) is 12.8 Å². The van der Waals surface area contributed by atoms with E-state index in [9.17, 15) is 0 Å². The van der Waals surface area contributed by atoms with Crippen LogP contribution >= 0.6 is 0 Å². The maximum Gasteiger partial charge on any atom is -0.0353 e. The van der Waals surface area contributed by atoms with Gasteiger partial charge in [0.15, 0.2) is 0 Å². The molecule has 15 heavy (non-hydrogen) atoms. The second-order valence-corrected chi connectivity index (χ2v) is 3.00. The van der Waals surface area contributed by atoms with Crippen LogP contribution in [-0.2, 0) is 0 Å². The molecule has 0 aromatic rings. The number of rotatable bonds is 3. The summed E-state index contributed by atoms with van der Waals surface area (Å²) in [6, 6.07) is 0. The predicted octanol–water partition coefficient (Wildman–Crippen LogP) is 5.92. The predicted molar refractivity (Wildman–Crippen MR) is 75.3 cm³/mol. The summed E-state index contributed by atoms with van der Waals surface area (Å²) in [5, 5.41) is 0. The van der Waals surface area contributed by atoms with Crippen LogP contribution in [0.5, 0.6) is 0 Å². The van der Waals surface area contributed by atoms with Gasteiger partial charge in [0.25, 0.3) is 0 Å². The van der Waals surface area contributed by atoms with Crippen LogP contribution in [-0.4, -0.2) is 0 Å². The van der Waals surface area contributed by atoms with E-state index in [4.69, 9.17) is 0 Å². The maximum absolute atomic E-state index is 2.18. The molecule has 0 radical (unpaired) electrons.